The van der Waals surface area contributed by atoms with E-state index in [9.17, 15) is 13.6 Å². The van der Waals surface area contributed by atoms with Gasteiger partial charge in [0.05, 0.1) is 6.42 Å². The van der Waals surface area contributed by atoms with Crippen LogP contribution in [0.2, 0.25) is 0 Å². The predicted molar refractivity (Wildman–Crippen MR) is 103 cm³/mol. The maximum absolute atomic E-state index is 12.2. The number of amides is 1. The van der Waals surface area contributed by atoms with Gasteiger partial charge in [-0.25, -0.2) is 0 Å². The van der Waals surface area contributed by atoms with E-state index in [0.717, 1.165) is 29.7 Å². The van der Waals surface area contributed by atoms with Crippen molar-refractivity contribution < 1.29 is 18.3 Å². The van der Waals surface area contributed by atoms with Crippen LogP contribution in [-0.4, -0.2) is 37.6 Å². The Bertz CT molecular complexity index is 716. The van der Waals surface area contributed by atoms with E-state index in [-0.39, 0.29) is 17.7 Å². The van der Waals surface area contributed by atoms with Gasteiger partial charge in [0.2, 0.25) is 5.91 Å². The van der Waals surface area contributed by atoms with E-state index in [0.29, 0.717) is 6.42 Å². The highest BCUT2D eigenvalue weighted by atomic mass is 19.3. The standard InChI is InChI=1S/C21H26F2N2O2/c1-15(4-5-16-8-12-19(13-9-16)27-21(22)23)24-18-10-6-17(7-11-18)14-20(26)25(2)3/h6-13,15,21,24H,4-5,14H2,1-3H3/t15-/m0/s1. The second kappa shape index (κ2) is 9.90. The summed E-state index contributed by atoms with van der Waals surface area (Å²) in [6.45, 7) is -0.704. The first-order valence-corrected chi connectivity index (χ1v) is 8.93. The summed E-state index contributed by atoms with van der Waals surface area (Å²) in [6.07, 6.45) is 2.13. The summed E-state index contributed by atoms with van der Waals surface area (Å²) in [5.74, 6) is 0.252. The smallest absolute Gasteiger partial charge is 0.387 e. The molecule has 0 saturated heterocycles. The van der Waals surface area contributed by atoms with Crippen LogP contribution in [0.3, 0.4) is 0 Å². The fourth-order valence-electron chi connectivity index (χ4n) is 2.63. The average molecular weight is 376 g/mol. The number of rotatable bonds is 9. The van der Waals surface area contributed by atoms with Crippen molar-refractivity contribution in [2.24, 2.45) is 0 Å². The third-order valence-corrected chi connectivity index (χ3v) is 4.24. The molecule has 2 aromatic carbocycles. The van der Waals surface area contributed by atoms with Crippen LogP contribution in [0.15, 0.2) is 48.5 Å². The fraction of sp³-hybridized carbons (Fsp3) is 0.381. The van der Waals surface area contributed by atoms with Crippen molar-refractivity contribution in [3.8, 4) is 5.75 Å². The van der Waals surface area contributed by atoms with Crippen molar-refractivity contribution in [1.29, 1.82) is 0 Å². The lowest BCUT2D eigenvalue weighted by molar-refractivity contribution is -0.127. The molecule has 0 aromatic heterocycles. The molecular formula is C21H26F2N2O2. The van der Waals surface area contributed by atoms with E-state index >= 15 is 0 Å². The molecule has 1 N–H and O–H groups in total. The molecule has 0 aliphatic heterocycles. The highest BCUT2D eigenvalue weighted by Gasteiger charge is 2.07. The molecule has 0 radical (unpaired) electrons. The highest BCUT2D eigenvalue weighted by molar-refractivity contribution is 5.78. The highest BCUT2D eigenvalue weighted by Crippen LogP contribution is 2.17. The first-order valence-electron chi connectivity index (χ1n) is 8.93. The number of anilines is 1. The van der Waals surface area contributed by atoms with E-state index < -0.39 is 6.61 Å². The van der Waals surface area contributed by atoms with Gasteiger partial charge in [-0.1, -0.05) is 24.3 Å². The van der Waals surface area contributed by atoms with Crippen LogP contribution < -0.4 is 10.1 Å². The number of hydrogen-bond acceptors (Lipinski definition) is 3. The zero-order chi connectivity index (χ0) is 19.8. The summed E-state index contributed by atoms with van der Waals surface area (Å²) < 4.78 is 28.7. The molecule has 146 valence electrons. The van der Waals surface area contributed by atoms with Gasteiger partial charge >= 0.3 is 6.61 Å². The van der Waals surface area contributed by atoms with E-state index in [1.54, 1.807) is 43.3 Å². The Morgan fingerprint density at radius 2 is 1.63 bits per heavy atom. The van der Waals surface area contributed by atoms with Crippen molar-refractivity contribution in [3.63, 3.8) is 0 Å². The first-order chi connectivity index (χ1) is 12.8. The number of aryl methyl sites for hydroxylation is 1. The van der Waals surface area contributed by atoms with Crippen LogP contribution in [0.4, 0.5) is 14.5 Å². The number of halogens is 2. The Morgan fingerprint density at radius 1 is 1.04 bits per heavy atom. The Hall–Kier alpha value is -2.63. The summed E-state index contributed by atoms with van der Waals surface area (Å²) in [6, 6.07) is 14.9. The fourth-order valence-corrected chi connectivity index (χ4v) is 2.63. The van der Waals surface area contributed by atoms with Gasteiger partial charge < -0.3 is 15.0 Å². The number of likely N-dealkylation sites (N-methyl/N-ethyl adjacent to an activating group) is 1. The second-order valence-corrected chi connectivity index (χ2v) is 6.77. The molecule has 6 heteroatoms. The van der Waals surface area contributed by atoms with Gasteiger partial charge in [-0.05, 0) is 55.2 Å². The largest absolute Gasteiger partial charge is 0.435 e. The number of alkyl halides is 2. The molecule has 0 heterocycles. The van der Waals surface area contributed by atoms with Gasteiger partial charge in [0.1, 0.15) is 5.75 Å². The summed E-state index contributed by atoms with van der Waals surface area (Å²) in [5.41, 5.74) is 3.06. The zero-order valence-corrected chi connectivity index (χ0v) is 15.9. The zero-order valence-electron chi connectivity index (χ0n) is 15.9. The SMILES string of the molecule is C[C@@H](CCc1ccc(OC(F)F)cc1)Nc1ccc(CC(=O)N(C)C)cc1. The minimum Gasteiger partial charge on any atom is -0.435 e. The van der Waals surface area contributed by atoms with Crippen LogP contribution in [0.1, 0.15) is 24.5 Å². The Balaban J connectivity index is 1.79. The molecule has 4 nitrogen and oxygen atoms in total. The molecular weight excluding hydrogens is 350 g/mol. The monoisotopic (exact) mass is 376 g/mol. The normalized spacial score (nSPS) is 11.9. The van der Waals surface area contributed by atoms with E-state index in [4.69, 9.17) is 0 Å². The maximum Gasteiger partial charge on any atom is 0.387 e. The summed E-state index contributed by atoms with van der Waals surface area (Å²) in [5, 5.41) is 3.43. The number of carbonyl (C=O) groups excluding carboxylic acids is 1. The Morgan fingerprint density at radius 3 is 2.19 bits per heavy atom. The third-order valence-electron chi connectivity index (χ3n) is 4.24. The second-order valence-electron chi connectivity index (χ2n) is 6.77. The van der Waals surface area contributed by atoms with Crippen molar-refractivity contribution >= 4 is 11.6 Å². The molecule has 1 amide bonds. The van der Waals surface area contributed by atoms with E-state index in [1.165, 1.54) is 0 Å². The molecule has 0 aliphatic carbocycles. The molecule has 2 rings (SSSR count). The van der Waals surface area contributed by atoms with Crippen LogP contribution in [0.5, 0.6) is 5.75 Å². The van der Waals surface area contributed by atoms with Crippen LogP contribution in [0.25, 0.3) is 0 Å². The van der Waals surface area contributed by atoms with Crippen molar-refractivity contribution in [3.05, 3.63) is 59.7 Å². The van der Waals surface area contributed by atoms with E-state index in [2.05, 4.69) is 17.0 Å². The maximum atomic E-state index is 12.2. The molecule has 1 atom stereocenters. The summed E-state index contributed by atoms with van der Waals surface area (Å²) >= 11 is 0. The van der Waals surface area contributed by atoms with Crippen LogP contribution >= 0.6 is 0 Å². The summed E-state index contributed by atoms with van der Waals surface area (Å²) in [4.78, 5) is 13.3. The lowest BCUT2D eigenvalue weighted by Gasteiger charge is -2.16. The molecule has 0 unspecified atom stereocenters. The third kappa shape index (κ3) is 7.25. The molecule has 0 saturated carbocycles. The van der Waals surface area contributed by atoms with Crippen LogP contribution in [0, 0.1) is 0 Å². The number of carbonyl (C=O) groups is 1. The molecule has 0 aliphatic rings. The molecule has 0 spiro atoms. The summed E-state index contributed by atoms with van der Waals surface area (Å²) in [7, 11) is 3.50. The van der Waals surface area contributed by atoms with Crippen molar-refractivity contribution in [2.75, 3.05) is 19.4 Å². The Kier molecular flexibility index (Phi) is 7.58. The number of nitrogens with zero attached hydrogens (tertiary/aromatic N) is 1. The number of benzene rings is 2. The topological polar surface area (TPSA) is 41.6 Å². The number of nitrogens with one attached hydrogen (secondary N) is 1. The molecule has 0 fully saturated rings. The van der Waals surface area contributed by atoms with Crippen molar-refractivity contribution in [1.82, 2.24) is 4.90 Å². The minimum atomic E-state index is -2.80. The molecule has 2 aromatic rings. The minimum absolute atomic E-state index is 0.0778. The van der Waals surface area contributed by atoms with Gasteiger partial charge in [-0.3, -0.25) is 4.79 Å². The first kappa shape index (κ1) is 20.7. The number of ether oxygens (including phenoxy) is 1. The lowest BCUT2D eigenvalue weighted by Crippen LogP contribution is -2.23. The van der Waals surface area contributed by atoms with E-state index in [1.807, 2.05) is 24.3 Å². The average Bonchev–Trinajstić information content (AvgIpc) is 2.62. The molecule has 0 bridgehead atoms. The quantitative estimate of drug-likeness (QED) is 0.707. The van der Waals surface area contributed by atoms with Crippen LogP contribution in [-0.2, 0) is 17.6 Å². The van der Waals surface area contributed by atoms with Gasteiger partial charge in [0, 0.05) is 25.8 Å². The predicted octanol–water partition coefficient (Wildman–Crippen LogP) is 4.35. The number of hydrogen-bond donors (Lipinski definition) is 1. The van der Waals surface area contributed by atoms with Crippen molar-refractivity contribution in [2.45, 2.75) is 38.8 Å². The lowest BCUT2D eigenvalue weighted by atomic mass is 10.1. The van der Waals surface area contributed by atoms with Gasteiger partial charge in [0.15, 0.2) is 0 Å². The van der Waals surface area contributed by atoms with Gasteiger partial charge in [-0.15, -0.1) is 0 Å². The molecule has 27 heavy (non-hydrogen) atoms. The van der Waals surface area contributed by atoms with Gasteiger partial charge in [-0.2, -0.15) is 8.78 Å². The Labute approximate surface area is 159 Å². The van der Waals surface area contributed by atoms with Gasteiger partial charge in [0.25, 0.3) is 0 Å².